The lowest BCUT2D eigenvalue weighted by atomic mass is 10.2. The molecule has 96 valence electrons. The standard InChI is InChI=1S/C15H20N2O/c1-4-17-11(2)9-13(12(17)3)10-16-14-5-7-15(18)8-6-14/h5-9,16,18H,4,10H2,1-3H3. The van der Waals surface area contributed by atoms with Gasteiger partial charge in [-0.2, -0.15) is 0 Å². The topological polar surface area (TPSA) is 37.2 Å². The van der Waals surface area contributed by atoms with Crippen molar-refractivity contribution in [1.29, 1.82) is 0 Å². The number of nitrogens with one attached hydrogen (secondary N) is 1. The molecule has 1 aromatic heterocycles. The van der Waals surface area contributed by atoms with Gasteiger partial charge in [-0.3, -0.25) is 0 Å². The monoisotopic (exact) mass is 244 g/mol. The number of nitrogens with zero attached hydrogens (tertiary/aromatic N) is 1. The maximum Gasteiger partial charge on any atom is 0.115 e. The first-order valence-electron chi connectivity index (χ1n) is 6.30. The normalized spacial score (nSPS) is 10.6. The second kappa shape index (κ2) is 5.17. The number of aryl methyl sites for hydroxylation is 1. The predicted molar refractivity (Wildman–Crippen MR) is 75.0 cm³/mol. The van der Waals surface area contributed by atoms with Gasteiger partial charge in [0, 0.05) is 30.2 Å². The maximum absolute atomic E-state index is 9.23. The van der Waals surface area contributed by atoms with E-state index in [4.69, 9.17) is 0 Å². The molecule has 3 nitrogen and oxygen atoms in total. The summed E-state index contributed by atoms with van der Waals surface area (Å²) in [6, 6.07) is 9.38. The molecule has 0 radical (unpaired) electrons. The molecule has 0 bridgehead atoms. The van der Waals surface area contributed by atoms with Crippen molar-refractivity contribution >= 4 is 5.69 Å². The first-order valence-corrected chi connectivity index (χ1v) is 6.30. The summed E-state index contributed by atoms with van der Waals surface area (Å²) in [6.45, 7) is 8.28. The lowest BCUT2D eigenvalue weighted by molar-refractivity contribution is 0.475. The van der Waals surface area contributed by atoms with Crippen LogP contribution in [0.4, 0.5) is 5.69 Å². The van der Waals surface area contributed by atoms with Crippen LogP contribution in [0.5, 0.6) is 5.75 Å². The van der Waals surface area contributed by atoms with Crippen molar-refractivity contribution in [2.75, 3.05) is 5.32 Å². The molecular weight excluding hydrogens is 224 g/mol. The van der Waals surface area contributed by atoms with Gasteiger partial charge >= 0.3 is 0 Å². The lowest BCUT2D eigenvalue weighted by Gasteiger charge is -2.08. The highest BCUT2D eigenvalue weighted by molar-refractivity contribution is 5.46. The second-order valence-electron chi connectivity index (χ2n) is 4.54. The zero-order chi connectivity index (χ0) is 13.1. The van der Waals surface area contributed by atoms with E-state index in [1.165, 1.54) is 17.0 Å². The number of aromatic nitrogens is 1. The zero-order valence-electron chi connectivity index (χ0n) is 11.2. The number of hydrogen-bond donors (Lipinski definition) is 2. The van der Waals surface area contributed by atoms with Crippen molar-refractivity contribution in [3.05, 3.63) is 47.3 Å². The molecule has 0 spiro atoms. The number of aromatic hydroxyl groups is 1. The lowest BCUT2D eigenvalue weighted by Crippen LogP contribution is -2.03. The quantitative estimate of drug-likeness (QED) is 0.808. The van der Waals surface area contributed by atoms with E-state index in [0.29, 0.717) is 5.75 Å². The van der Waals surface area contributed by atoms with E-state index in [1.54, 1.807) is 12.1 Å². The summed E-state index contributed by atoms with van der Waals surface area (Å²) in [5.41, 5.74) is 4.97. The van der Waals surface area contributed by atoms with Gasteiger partial charge in [0.1, 0.15) is 5.75 Å². The Labute approximate surface area is 108 Å². The molecule has 0 amide bonds. The van der Waals surface area contributed by atoms with Crippen molar-refractivity contribution in [2.45, 2.75) is 33.9 Å². The fourth-order valence-corrected chi connectivity index (χ4v) is 2.31. The predicted octanol–water partition coefficient (Wildman–Crippen LogP) is 3.44. The van der Waals surface area contributed by atoms with Crippen LogP contribution in [0.1, 0.15) is 23.9 Å². The van der Waals surface area contributed by atoms with E-state index in [9.17, 15) is 5.11 Å². The number of hydrogen-bond acceptors (Lipinski definition) is 2. The third kappa shape index (κ3) is 2.50. The molecule has 0 fully saturated rings. The number of phenols is 1. The average molecular weight is 244 g/mol. The molecule has 0 aliphatic rings. The van der Waals surface area contributed by atoms with Gasteiger partial charge in [0.05, 0.1) is 0 Å². The number of benzene rings is 1. The minimum atomic E-state index is 0.296. The van der Waals surface area contributed by atoms with Gasteiger partial charge in [0.2, 0.25) is 0 Å². The smallest absolute Gasteiger partial charge is 0.115 e. The number of rotatable bonds is 4. The van der Waals surface area contributed by atoms with Crippen molar-refractivity contribution in [3.63, 3.8) is 0 Å². The summed E-state index contributed by atoms with van der Waals surface area (Å²) < 4.78 is 2.31. The first kappa shape index (κ1) is 12.6. The molecule has 2 aromatic rings. The molecule has 1 aromatic carbocycles. The van der Waals surface area contributed by atoms with Crippen LogP contribution in [-0.2, 0) is 13.1 Å². The molecule has 3 heteroatoms. The Bertz CT molecular complexity index is 526. The number of anilines is 1. The van der Waals surface area contributed by atoms with Crippen LogP contribution in [0.25, 0.3) is 0 Å². The minimum absolute atomic E-state index is 0.296. The van der Waals surface area contributed by atoms with Gasteiger partial charge in [-0.15, -0.1) is 0 Å². The summed E-state index contributed by atoms with van der Waals surface area (Å²) >= 11 is 0. The molecule has 0 saturated carbocycles. The molecule has 2 rings (SSSR count). The minimum Gasteiger partial charge on any atom is -0.508 e. The average Bonchev–Trinajstić information content (AvgIpc) is 2.63. The maximum atomic E-state index is 9.23. The van der Waals surface area contributed by atoms with Gasteiger partial charge in [-0.25, -0.2) is 0 Å². The van der Waals surface area contributed by atoms with Gasteiger partial charge in [-0.1, -0.05) is 0 Å². The van der Waals surface area contributed by atoms with Crippen LogP contribution >= 0.6 is 0 Å². The largest absolute Gasteiger partial charge is 0.508 e. The number of phenolic OH excluding ortho intramolecular Hbond substituents is 1. The van der Waals surface area contributed by atoms with Gasteiger partial charge in [-0.05, 0) is 56.7 Å². The first-order chi connectivity index (χ1) is 8.61. The Balaban J connectivity index is 2.08. The SMILES string of the molecule is CCn1c(C)cc(CNc2ccc(O)cc2)c1C. The van der Waals surface area contributed by atoms with Crippen LogP contribution < -0.4 is 5.32 Å². The van der Waals surface area contributed by atoms with Crippen LogP contribution in [0.2, 0.25) is 0 Å². The highest BCUT2D eigenvalue weighted by Crippen LogP contribution is 2.18. The Morgan fingerprint density at radius 1 is 1.17 bits per heavy atom. The Morgan fingerprint density at radius 2 is 1.83 bits per heavy atom. The summed E-state index contributed by atoms with van der Waals surface area (Å²) in [5.74, 6) is 0.296. The fraction of sp³-hybridized carbons (Fsp3) is 0.333. The molecular formula is C15H20N2O. The summed E-state index contributed by atoms with van der Waals surface area (Å²) in [4.78, 5) is 0. The molecule has 0 aliphatic heterocycles. The van der Waals surface area contributed by atoms with E-state index < -0.39 is 0 Å². The third-order valence-electron chi connectivity index (χ3n) is 3.34. The zero-order valence-corrected chi connectivity index (χ0v) is 11.2. The Hall–Kier alpha value is -1.90. The van der Waals surface area contributed by atoms with Crippen molar-refractivity contribution in [2.24, 2.45) is 0 Å². The van der Waals surface area contributed by atoms with E-state index in [2.05, 4.69) is 36.7 Å². The summed E-state index contributed by atoms with van der Waals surface area (Å²) in [5, 5.41) is 12.6. The Kier molecular flexibility index (Phi) is 3.60. The Morgan fingerprint density at radius 3 is 2.39 bits per heavy atom. The highest BCUT2D eigenvalue weighted by Gasteiger charge is 2.07. The molecule has 18 heavy (non-hydrogen) atoms. The molecule has 0 aliphatic carbocycles. The van der Waals surface area contributed by atoms with Crippen LogP contribution in [0.3, 0.4) is 0 Å². The van der Waals surface area contributed by atoms with Crippen molar-refractivity contribution in [1.82, 2.24) is 4.57 Å². The molecule has 1 heterocycles. The molecule has 0 saturated heterocycles. The van der Waals surface area contributed by atoms with Gasteiger partial charge in [0.25, 0.3) is 0 Å². The van der Waals surface area contributed by atoms with E-state index in [-0.39, 0.29) is 0 Å². The van der Waals surface area contributed by atoms with Crippen LogP contribution in [-0.4, -0.2) is 9.67 Å². The third-order valence-corrected chi connectivity index (χ3v) is 3.34. The van der Waals surface area contributed by atoms with E-state index >= 15 is 0 Å². The van der Waals surface area contributed by atoms with Gasteiger partial charge in [0.15, 0.2) is 0 Å². The molecule has 2 N–H and O–H groups in total. The van der Waals surface area contributed by atoms with Crippen LogP contribution in [0, 0.1) is 13.8 Å². The van der Waals surface area contributed by atoms with E-state index in [0.717, 1.165) is 18.8 Å². The second-order valence-corrected chi connectivity index (χ2v) is 4.54. The summed E-state index contributed by atoms with van der Waals surface area (Å²) in [7, 11) is 0. The van der Waals surface area contributed by atoms with Crippen molar-refractivity contribution in [3.8, 4) is 5.75 Å². The van der Waals surface area contributed by atoms with E-state index in [1.807, 2.05) is 12.1 Å². The van der Waals surface area contributed by atoms with Gasteiger partial charge < -0.3 is 15.0 Å². The molecule has 0 atom stereocenters. The molecule has 0 unspecified atom stereocenters. The fourth-order valence-electron chi connectivity index (χ4n) is 2.31. The highest BCUT2D eigenvalue weighted by atomic mass is 16.3. The van der Waals surface area contributed by atoms with Crippen LogP contribution in [0.15, 0.2) is 30.3 Å². The summed E-state index contributed by atoms with van der Waals surface area (Å²) in [6.07, 6.45) is 0. The van der Waals surface area contributed by atoms with Crippen molar-refractivity contribution < 1.29 is 5.11 Å².